The molecule has 0 saturated heterocycles. The Labute approximate surface area is 101 Å². The molecule has 0 radical (unpaired) electrons. The smallest absolute Gasteiger partial charge is 0.356 e. The van der Waals surface area contributed by atoms with Crippen molar-refractivity contribution in [2.45, 2.75) is 0 Å². The third-order valence-electron chi connectivity index (χ3n) is 2.19. The first kappa shape index (κ1) is 11.6. The molecule has 0 atom stereocenters. The van der Waals surface area contributed by atoms with Gasteiger partial charge in [-0.15, -0.1) is 0 Å². The van der Waals surface area contributed by atoms with Crippen LogP contribution in [0.1, 0.15) is 10.5 Å². The van der Waals surface area contributed by atoms with Crippen molar-refractivity contribution in [2.75, 3.05) is 7.11 Å². The van der Waals surface area contributed by atoms with Crippen LogP contribution in [0.15, 0.2) is 24.4 Å². The van der Waals surface area contributed by atoms with E-state index < -0.39 is 11.8 Å². The average Bonchev–Trinajstić information content (AvgIpc) is 2.81. The molecule has 0 fully saturated rings. The predicted octanol–water partition coefficient (Wildman–Crippen LogP) is 2.66. The van der Waals surface area contributed by atoms with Gasteiger partial charge in [-0.2, -0.15) is 0 Å². The Morgan fingerprint density at radius 1 is 1.53 bits per heavy atom. The van der Waals surface area contributed by atoms with Gasteiger partial charge >= 0.3 is 5.97 Å². The van der Waals surface area contributed by atoms with Crippen molar-refractivity contribution in [1.29, 1.82) is 0 Å². The highest BCUT2D eigenvalue weighted by Crippen LogP contribution is 2.25. The van der Waals surface area contributed by atoms with Crippen molar-refractivity contribution >= 4 is 17.6 Å². The van der Waals surface area contributed by atoms with Gasteiger partial charge in [-0.25, -0.2) is 14.2 Å². The number of nitrogens with one attached hydrogen (secondary N) is 1. The summed E-state index contributed by atoms with van der Waals surface area (Å²) in [6.45, 7) is 0. The summed E-state index contributed by atoms with van der Waals surface area (Å²) in [4.78, 5) is 17.8. The molecule has 0 bridgehead atoms. The molecular formula is C11H8ClFN2O2. The molecule has 2 rings (SSSR count). The van der Waals surface area contributed by atoms with Crippen LogP contribution >= 0.6 is 11.6 Å². The minimum Gasteiger partial charge on any atom is -0.464 e. The largest absolute Gasteiger partial charge is 0.464 e. The number of aromatic nitrogens is 2. The molecular weight excluding hydrogens is 247 g/mol. The minimum absolute atomic E-state index is 0.00137. The number of H-pyrrole nitrogens is 1. The Morgan fingerprint density at radius 2 is 2.29 bits per heavy atom. The standard InChI is InChI=1S/C11H8ClFN2O2/c1-17-11(16)8-5-14-10(15-8)6-3-2-4-7(12)9(6)13/h2-5H,1H3,(H,14,15). The second-order valence-electron chi connectivity index (χ2n) is 3.24. The molecule has 0 aliphatic carbocycles. The maximum atomic E-state index is 13.7. The number of hydrogen-bond acceptors (Lipinski definition) is 3. The molecule has 0 aliphatic rings. The third kappa shape index (κ3) is 2.14. The van der Waals surface area contributed by atoms with E-state index in [9.17, 15) is 9.18 Å². The number of ether oxygens (including phenoxy) is 1. The minimum atomic E-state index is -0.583. The lowest BCUT2D eigenvalue weighted by molar-refractivity contribution is 0.0595. The Bertz CT molecular complexity index is 568. The quantitative estimate of drug-likeness (QED) is 0.839. The van der Waals surface area contributed by atoms with Gasteiger partial charge in [0.1, 0.15) is 11.5 Å². The van der Waals surface area contributed by atoms with Crippen molar-refractivity contribution in [2.24, 2.45) is 0 Å². The number of esters is 1. The molecule has 17 heavy (non-hydrogen) atoms. The Kier molecular flexibility index (Phi) is 3.10. The van der Waals surface area contributed by atoms with Crippen LogP contribution in [0.2, 0.25) is 5.02 Å². The van der Waals surface area contributed by atoms with E-state index in [0.29, 0.717) is 0 Å². The van der Waals surface area contributed by atoms with Crippen LogP contribution < -0.4 is 0 Å². The highest BCUT2D eigenvalue weighted by molar-refractivity contribution is 6.31. The number of benzene rings is 1. The fourth-order valence-corrected chi connectivity index (χ4v) is 1.53. The molecule has 1 aromatic carbocycles. The van der Waals surface area contributed by atoms with Crippen molar-refractivity contribution in [3.8, 4) is 11.4 Å². The number of hydrogen-bond donors (Lipinski definition) is 1. The van der Waals surface area contributed by atoms with E-state index in [4.69, 9.17) is 11.6 Å². The first-order valence-electron chi connectivity index (χ1n) is 4.71. The summed E-state index contributed by atoms with van der Waals surface area (Å²) in [7, 11) is 1.25. The zero-order valence-electron chi connectivity index (χ0n) is 8.83. The number of rotatable bonds is 2. The van der Waals surface area contributed by atoms with Gasteiger partial charge in [0.15, 0.2) is 5.82 Å². The lowest BCUT2D eigenvalue weighted by Gasteiger charge is -2.00. The third-order valence-corrected chi connectivity index (χ3v) is 2.48. The Balaban J connectivity index is 2.44. The number of imidazole rings is 1. The lowest BCUT2D eigenvalue weighted by Crippen LogP contribution is -2.01. The van der Waals surface area contributed by atoms with E-state index in [-0.39, 0.29) is 22.1 Å². The summed E-state index contributed by atoms with van der Waals surface area (Å²) in [5.41, 5.74) is 0.356. The highest BCUT2D eigenvalue weighted by Gasteiger charge is 2.14. The predicted molar refractivity (Wildman–Crippen MR) is 60.3 cm³/mol. The van der Waals surface area contributed by atoms with Gasteiger partial charge in [-0.3, -0.25) is 0 Å². The lowest BCUT2D eigenvalue weighted by atomic mass is 10.2. The molecule has 1 N–H and O–H groups in total. The normalized spacial score (nSPS) is 10.3. The highest BCUT2D eigenvalue weighted by atomic mass is 35.5. The van der Waals surface area contributed by atoms with Gasteiger partial charge in [-0.1, -0.05) is 17.7 Å². The molecule has 6 heteroatoms. The van der Waals surface area contributed by atoms with Crippen LogP contribution in [0.3, 0.4) is 0 Å². The second kappa shape index (κ2) is 4.55. The Morgan fingerprint density at radius 3 is 3.00 bits per heavy atom. The van der Waals surface area contributed by atoms with Crippen molar-refractivity contribution in [3.63, 3.8) is 0 Å². The fraction of sp³-hybridized carbons (Fsp3) is 0.0909. The maximum Gasteiger partial charge on any atom is 0.356 e. The van der Waals surface area contributed by atoms with Crippen LogP contribution in [0.25, 0.3) is 11.4 Å². The van der Waals surface area contributed by atoms with Gasteiger partial charge in [0, 0.05) is 0 Å². The molecule has 4 nitrogen and oxygen atoms in total. The number of aromatic amines is 1. The van der Waals surface area contributed by atoms with E-state index in [1.54, 1.807) is 6.07 Å². The van der Waals surface area contributed by atoms with E-state index in [1.165, 1.54) is 25.4 Å². The van der Waals surface area contributed by atoms with Gasteiger partial charge in [0.05, 0.1) is 23.9 Å². The molecule has 0 unspecified atom stereocenters. The van der Waals surface area contributed by atoms with Crippen LogP contribution in [0, 0.1) is 5.82 Å². The zero-order chi connectivity index (χ0) is 12.4. The van der Waals surface area contributed by atoms with Gasteiger partial charge < -0.3 is 9.72 Å². The monoisotopic (exact) mass is 254 g/mol. The first-order chi connectivity index (χ1) is 8.13. The SMILES string of the molecule is COC(=O)c1cnc(-c2cccc(Cl)c2F)[nH]1. The maximum absolute atomic E-state index is 13.7. The summed E-state index contributed by atoms with van der Waals surface area (Å²) in [6.07, 6.45) is 1.28. The summed E-state index contributed by atoms with van der Waals surface area (Å²) < 4.78 is 18.2. The van der Waals surface area contributed by atoms with Crippen LogP contribution in [0.4, 0.5) is 4.39 Å². The number of carbonyl (C=O) groups excluding carboxylic acids is 1. The number of carbonyl (C=O) groups is 1. The van der Waals surface area contributed by atoms with Crippen molar-refractivity contribution in [1.82, 2.24) is 9.97 Å². The van der Waals surface area contributed by atoms with Crippen LogP contribution in [-0.4, -0.2) is 23.0 Å². The second-order valence-corrected chi connectivity index (χ2v) is 3.65. The van der Waals surface area contributed by atoms with E-state index in [1.807, 2.05) is 0 Å². The zero-order valence-corrected chi connectivity index (χ0v) is 9.58. The summed E-state index contributed by atoms with van der Waals surface area (Å²) in [5, 5.41) is -0.00137. The fourth-order valence-electron chi connectivity index (χ4n) is 1.36. The number of methoxy groups -OCH3 is 1. The van der Waals surface area contributed by atoms with Gasteiger partial charge in [0.25, 0.3) is 0 Å². The molecule has 1 heterocycles. The Hall–Kier alpha value is -1.88. The molecule has 0 saturated carbocycles. The summed E-state index contributed by atoms with van der Waals surface area (Å²) in [5.74, 6) is -0.920. The molecule has 0 spiro atoms. The van der Waals surface area contributed by atoms with E-state index >= 15 is 0 Å². The van der Waals surface area contributed by atoms with Crippen molar-refractivity contribution < 1.29 is 13.9 Å². The molecule has 2 aromatic rings. The average molecular weight is 255 g/mol. The summed E-state index contributed by atoms with van der Waals surface area (Å²) >= 11 is 5.65. The molecule has 0 amide bonds. The van der Waals surface area contributed by atoms with Crippen LogP contribution in [-0.2, 0) is 4.74 Å². The number of halogens is 2. The first-order valence-corrected chi connectivity index (χ1v) is 5.09. The number of nitrogens with zero attached hydrogens (tertiary/aromatic N) is 1. The molecule has 88 valence electrons. The summed E-state index contributed by atoms with van der Waals surface area (Å²) in [6, 6.07) is 4.55. The van der Waals surface area contributed by atoms with Gasteiger partial charge in [-0.05, 0) is 12.1 Å². The van der Waals surface area contributed by atoms with Crippen molar-refractivity contribution in [3.05, 3.63) is 40.9 Å². The van der Waals surface area contributed by atoms with Crippen LogP contribution in [0.5, 0.6) is 0 Å². The molecule has 1 aromatic heterocycles. The van der Waals surface area contributed by atoms with E-state index in [2.05, 4.69) is 14.7 Å². The topological polar surface area (TPSA) is 55.0 Å². The molecule has 0 aliphatic heterocycles. The van der Waals surface area contributed by atoms with E-state index in [0.717, 1.165) is 0 Å². The van der Waals surface area contributed by atoms with Gasteiger partial charge in [0.2, 0.25) is 0 Å².